The molecular formula is C19H24N6O2. The first-order chi connectivity index (χ1) is 13.2. The fraction of sp³-hybridized carbons (Fsp3) is 0.474. The third-order valence-corrected chi connectivity index (χ3v) is 5.29. The van der Waals surface area contributed by atoms with E-state index in [0.29, 0.717) is 32.6 Å². The number of benzene rings is 1. The van der Waals surface area contributed by atoms with Gasteiger partial charge in [0.05, 0.1) is 13.1 Å². The van der Waals surface area contributed by atoms with Gasteiger partial charge in [0.15, 0.2) is 0 Å². The van der Waals surface area contributed by atoms with E-state index in [0.717, 1.165) is 31.7 Å². The number of carbonyl (C=O) groups is 2. The molecule has 8 nitrogen and oxygen atoms in total. The van der Waals surface area contributed by atoms with E-state index in [1.807, 2.05) is 28.0 Å². The van der Waals surface area contributed by atoms with Gasteiger partial charge in [0, 0.05) is 44.8 Å². The molecule has 0 aliphatic carbocycles. The molecule has 0 atom stereocenters. The lowest BCUT2D eigenvalue weighted by Crippen LogP contribution is -2.51. The van der Waals surface area contributed by atoms with E-state index in [-0.39, 0.29) is 11.8 Å². The molecule has 3 heterocycles. The summed E-state index contributed by atoms with van der Waals surface area (Å²) >= 11 is 0. The lowest BCUT2D eigenvalue weighted by atomic mass is 10.2. The Morgan fingerprint density at radius 2 is 1.81 bits per heavy atom. The predicted molar refractivity (Wildman–Crippen MR) is 100 cm³/mol. The molecule has 1 fully saturated rings. The van der Waals surface area contributed by atoms with Crippen molar-refractivity contribution < 1.29 is 9.59 Å². The number of piperazine rings is 1. The molecule has 0 radical (unpaired) electrons. The van der Waals surface area contributed by atoms with Crippen LogP contribution in [0.15, 0.2) is 36.9 Å². The summed E-state index contributed by atoms with van der Waals surface area (Å²) in [4.78, 5) is 34.8. The fourth-order valence-electron chi connectivity index (χ4n) is 3.75. The molecule has 27 heavy (non-hydrogen) atoms. The second-order valence-corrected chi connectivity index (χ2v) is 6.99. The quantitative estimate of drug-likeness (QED) is 0.764. The molecule has 0 bridgehead atoms. The van der Waals surface area contributed by atoms with Gasteiger partial charge >= 0.3 is 0 Å². The van der Waals surface area contributed by atoms with Crippen molar-refractivity contribution in [3.63, 3.8) is 0 Å². The van der Waals surface area contributed by atoms with Gasteiger partial charge in [0.25, 0.3) is 0 Å². The van der Waals surface area contributed by atoms with Crippen LogP contribution in [-0.4, -0.2) is 75.6 Å². The third kappa shape index (κ3) is 4.00. The molecule has 1 saturated heterocycles. The third-order valence-electron chi connectivity index (χ3n) is 5.29. The number of anilines is 1. The minimum absolute atomic E-state index is 0.130. The molecule has 2 aliphatic heterocycles. The van der Waals surface area contributed by atoms with Gasteiger partial charge in [0.2, 0.25) is 11.8 Å². The maximum atomic E-state index is 12.7. The van der Waals surface area contributed by atoms with Gasteiger partial charge in [-0.2, -0.15) is 5.10 Å². The van der Waals surface area contributed by atoms with Gasteiger partial charge in [-0.25, -0.2) is 4.98 Å². The molecule has 0 N–H and O–H groups in total. The lowest BCUT2D eigenvalue weighted by molar-refractivity contribution is -0.133. The highest BCUT2D eigenvalue weighted by atomic mass is 16.2. The van der Waals surface area contributed by atoms with Gasteiger partial charge < -0.3 is 9.80 Å². The summed E-state index contributed by atoms with van der Waals surface area (Å²) in [6.45, 7) is 4.52. The van der Waals surface area contributed by atoms with Crippen molar-refractivity contribution >= 4 is 17.5 Å². The zero-order valence-electron chi connectivity index (χ0n) is 15.3. The van der Waals surface area contributed by atoms with Crippen molar-refractivity contribution in [1.29, 1.82) is 0 Å². The molecule has 2 aromatic rings. The highest BCUT2D eigenvalue weighted by molar-refractivity contribution is 5.96. The molecule has 8 heteroatoms. The maximum absolute atomic E-state index is 12.7. The van der Waals surface area contributed by atoms with E-state index in [4.69, 9.17) is 0 Å². The number of aryl methyl sites for hydroxylation is 1. The van der Waals surface area contributed by atoms with Crippen molar-refractivity contribution in [2.75, 3.05) is 44.2 Å². The van der Waals surface area contributed by atoms with Gasteiger partial charge in [-0.1, -0.05) is 18.2 Å². The van der Waals surface area contributed by atoms with Crippen molar-refractivity contribution in [1.82, 2.24) is 24.6 Å². The van der Waals surface area contributed by atoms with E-state index >= 15 is 0 Å². The normalized spacial score (nSPS) is 17.2. The lowest BCUT2D eigenvalue weighted by Gasteiger charge is -2.35. The van der Waals surface area contributed by atoms with Crippen LogP contribution in [0.2, 0.25) is 0 Å². The van der Waals surface area contributed by atoms with Crippen LogP contribution in [0, 0.1) is 0 Å². The maximum Gasteiger partial charge on any atom is 0.241 e. The highest BCUT2D eigenvalue weighted by Gasteiger charge is 2.27. The van der Waals surface area contributed by atoms with Gasteiger partial charge in [-0.3, -0.25) is 19.2 Å². The smallest absolute Gasteiger partial charge is 0.241 e. The Labute approximate surface area is 158 Å². The van der Waals surface area contributed by atoms with E-state index in [1.165, 1.54) is 11.9 Å². The zero-order valence-corrected chi connectivity index (χ0v) is 15.3. The Bertz CT molecular complexity index is 798. The number of fused-ring (bicyclic) bond motifs is 1. The molecule has 142 valence electrons. The van der Waals surface area contributed by atoms with Crippen LogP contribution in [0.1, 0.15) is 12.0 Å². The number of rotatable bonds is 5. The average Bonchev–Trinajstić information content (AvgIpc) is 3.36. The van der Waals surface area contributed by atoms with Gasteiger partial charge in [0.1, 0.15) is 12.7 Å². The first-order valence-corrected chi connectivity index (χ1v) is 9.41. The minimum atomic E-state index is 0.130. The number of nitrogens with zero attached hydrogens (tertiary/aromatic N) is 6. The van der Waals surface area contributed by atoms with Crippen molar-refractivity contribution in [3.8, 4) is 0 Å². The van der Waals surface area contributed by atoms with Crippen LogP contribution in [0.4, 0.5) is 5.69 Å². The minimum Gasteiger partial charge on any atom is -0.340 e. The molecule has 4 rings (SSSR count). The average molecular weight is 368 g/mol. The number of carbonyl (C=O) groups excluding carboxylic acids is 2. The van der Waals surface area contributed by atoms with Crippen molar-refractivity contribution in [3.05, 3.63) is 42.5 Å². The molecule has 1 aromatic carbocycles. The van der Waals surface area contributed by atoms with E-state index in [2.05, 4.69) is 21.0 Å². The van der Waals surface area contributed by atoms with Gasteiger partial charge in [-0.05, 0) is 18.1 Å². The van der Waals surface area contributed by atoms with E-state index < -0.39 is 0 Å². The van der Waals surface area contributed by atoms with Crippen LogP contribution in [-0.2, 0) is 22.6 Å². The van der Waals surface area contributed by atoms with Crippen LogP contribution >= 0.6 is 0 Å². The number of aromatic nitrogens is 3. The summed E-state index contributed by atoms with van der Waals surface area (Å²) < 4.78 is 1.67. The fourth-order valence-corrected chi connectivity index (χ4v) is 3.75. The summed E-state index contributed by atoms with van der Waals surface area (Å²) in [5, 5.41) is 4.02. The first-order valence-electron chi connectivity index (χ1n) is 9.41. The van der Waals surface area contributed by atoms with E-state index in [1.54, 1.807) is 11.0 Å². The second kappa shape index (κ2) is 7.87. The second-order valence-electron chi connectivity index (χ2n) is 6.99. The van der Waals surface area contributed by atoms with Crippen molar-refractivity contribution in [2.24, 2.45) is 0 Å². The molecule has 2 aliphatic rings. The largest absolute Gasteiger partial charge is 0.340 e. The molecule has 0 saturated carbocycles. The Hall–Kier alpha value is -2.74. The standard InChI is InChI=1S/C19H24N6O2/c26-18(6-7-24-15-20-14-21-24)23-11-9-22(10-12-23)13-19(27)25-8-5-16-3-1-2-4-17(16)25/h1-4,14-15H,5-13H2. The summed E-state index contributed by atoms with van der Waals surface area (Å²) in [6.07, 6.45) is 4.44. The summed E-state index contributed by atoms with van der Waals surface area (Å²) in [7, 11) is 0. The van der Waals surface area contributed by atoms with Crippen LogP contribution in [0.25, 0.3) is 0 Å². The van der Waals surface area contributed by atoms with Crippen molar-refractivity contribution in [2.45, 2.75) is 19.4 Å². The summed E-state index contributed by atoms with van der Waals surface area (Å²) in [6, 6.07) is 8.11. The Kier molecular flexibility index (Phi) is 5.15. The molecule has 0 spiro atoms. The Balaban J connectivity index is 1.24. The first kappa shape index (κ1) is 17.7. The summed E-state index contributed by atoms with van der Waals surface area (Å²) in [5.74, 6) is 0.274. The number of hydrogen-bond donors (Lipinski definition) is 0. The van der Waals surface area contributed by atoms with E-state index in [9.17, 15) is 9.59 Å². The number of hydrogen-bond acceptors (Lipinski definition) is 5. The van der Waals surface area contributed by atoms with Crippen LogP contribution in [0.3, 0.4) is 0 Å². The zero-order chi connectivity index (χ0) is 18.6. The summed E-state index contributed by atoms with van der Waals surface area (Å²) in [5.41, 5.74) is 2.29. The molecular weight excluding hydrogens is 344 g/mol. The van der Waals surface area contributed by atoms with Crippen LogP contribution in [0.5, 0.6) is 0 Å². The number of amides is 2. The highest BCUT2D eigenvalue weighted by Crippen LogP contribution is 2.27. The number of para-hydroxylation sites is 1. The monoisotopic (exact) mass is 368 g/mol. The molecule has 0 unspecified atom stereocenters. The SMILES string of the molecule is O=C(CCn1cncn1)N1CCN(CC(=O)N2CCc3ccccc32)CC1. The Morgan fingerprint density at radius 1 is 1.00 bits per heavy atom. The predicted octanol–water partition coefficient (Wildman–Crippen LogP) is 0.402. The van der Waals surface area contributed by atoms with Gasteiger partial charge in [-0.15, -0.1) is 0 Å². The van der Waals surface area contributed by atoms with Crippen LogP contribution < -0.4 is 4.90 Å². The topological polar surface area (TPSA) is 74.6 Å². The molecule has 1 aromatic heterocycles. The Morgan fingerprint density at radius 3 is 2.59 bits per heavy atom. The molecule has 2 amide bonds.